The van der Waals surface area contributed by atoms with Crippen LogP contribution in [0.5, 0.6) is 0 Å². The number of carboxylic acid groups (broad SMARTS) is 1. The highest BCUT2D eigenvalue weighted by molar-refractivity contribution is 5.85. The van der Waals surface area contributed by atoms with E-state index in [-0.39, 0.29) is 0 Å². The third-order valence-corrected chi connectivity index (χ3v) is 3.66. The van der Waals surface area contributed by atoms with Gasteiger partial charge in [0.15, 0.2) is 0 Å². The van der Waals surface area contributed by atoms with Crippen molar-refractivity contribution in [3.63, 3.8) is 0 Å². The van der Waals surface area contributed by atoms with E-state index in [1.165, 1.54) is 22.2 Å². The summed E-state index contributed by atoms with van der Waals surface area (Å²) in [5, 5.41) is 10.1. The van der Waals surface area contributed by atoms with Gasteiger partial charge in [-0.3, -0.25) is 4.79 Å². The van der Waals surface area contributed by atoms with Gasteiger partial charge in [-0.15, -0.1) is 0 Å². The Morgan fingerprint density at radius 3 is 3.06 bits per heavy atom. The van der Waals surface area contributed by atoms with Crippen molar-refractivity contribution in [1.82, 2.24) is 4.98 Å². The van der Waals surface area contributed by atoms with Crippen molar-refractivity contribution >= 4 is 16.9 Å². The number of fused-ring (bicyclic) bond motifs is 3. The number of rotatable bonds is 2. The van der Waals surface area contributed by atoms with E-state index in [0.29, 0.717) is 12.3 Å². The monoisotopic (exact) mass is 229 g/mol. The van der Waals surface area contributed by atoms with Gasteiger partial charge in [0.2, 0.25) is 0 Å². The Morgan fingerprint density at radius 1 is 1.41 bits per heavy atom. The van der Waals surface area contributed by atoms with Gasteiger partial charge in [-0.2, -0.15) is 0 Å². The van der Waals surface area contributed by atoms with Crippen molar-refractivity contribution in [3.05, 3.63) is 35.5 Å². The van der Waals surface area contributed by atoms with Crippen molar-refractivity contribution in [2.24, 2.45) is 5.92 Å². The van der Waals surface area contributed by atoms with E-state index in [2.05, 4.69) is 17.1 Å². The molecule has 0 spiro atoms. The van der Waals surface area contributed by atoms with Crippen LogP contribution >= 0.6 is 0 Å². The molecule has 0 bridgehead atoms. The van der Waals surface area contributed by atoms with Crippen LogP contribution in [0, 0.1) is 5.92 Å². The molecule has 1 aromatic carbocycles. The number of aromatic nitrogens is 1. The molecular weight excluding hydrogens is 214 g/mol. The Labute approximate surface area is 99.5 Å². The maximum Gasteiger partial charge on any atom is 0.303 e. The number of benzene rings is 1. The Bertz CT molecular complexity index is 571. The molecule has 1 aromatic heterocycles. The molecule has 1 aliphatic carbocycles. The summed E-state index contributed by atoms with van der Waals surface area (Å²) in [6, 6.07) is 8.27. The molecule has 1 heterocycles. The Morgan fingerprint density at radius 2 is 2.24 bits per heavy atom. The Hall–Kier alpha value is -1.77. The van der Waals surface area contributed by atoms with E-state index >= 15 is 0 Å². The number of hydrogen-bond acceptors (Lipinski definition) is 1. The predicted molar refractivity (Wildman–Crippen MR) is 66.1 cm³/mol. The normalized spacial score (nSPS) is 19.2. The number of carboxylic acids is 1. The van der Waals surface area contributed by atoms with Crippen molar-refractivity contribution in [2.45, 2.75) is 25.7 Å². The summed E-state index contributed by atoms with van der Waals surface area (Å²) < 4.78 is 0. The molecule has 0 unspecified atom stereocenters. The molecule has 0 amide bonds. The zero-order valence-electron chi connectivity index (χ0n) is 9.57. The fourth-order valence-corrected chi connectivity index (χ4v) is 2.86. The molecule has 0 saturated heterocycles. The quantitative estimate of drug-likeness (QED) is 0.832. The molecule has 1 aliphatic rings. The third kappa shape index (κ3) is 1.82. The zero-order chi connectivity index (χ0) is 11.8. The van der Waals surface area contributed by atoms with E-state index in [4.69, 9.17) is 5.11 Å². The van der Waals surface area contributed by atoms with Gasteiger partial charge in [-0.25, -0.2) is 0 Å². The van der Waals surface area contributed by atoms with E-state index in [9.17, 15) is 4.79 Å². The minimum Gasteiger partial charge on any atom is -0.481 e. The lowest BCUT2D eigenvalue weighted by Gasteiger charge is -2.20. The van der Waals surface area contributed by atoms with Gasteiger partial charge in [0.1, 0.15) is 0 Å². The number of carbonyl (C=O) groups is 1. The summed E-state index contributed by atoms with van der Waals surface area (Å²) in [6.45, 7) is 0. The van der Waals surface area contributed by atoms with E-state index < -0.39 is 5.97 Å². The highest BCUT2D eigenvalue weighted by Gasteiger charge is 2.23. The molecule has 0 saturated carbocycles. The van der Waals surface area contributed by atoms with Crippen LogP contribution in [0.15, 0.2) is 24.3 Å². The van der Waals surface area contributed by atoms with Crippen LogP contribution in [0.4, 0.5) is 0 Å². The van der Waals surface area contributed by atoms with Crippen molar-refractivity contribution in [1.29, 1.82) is 0 Å². The molecule has 2 aromatic rings. The smallest absolute Gasteiger partial charge is 0.303 e. The number of aryl methyl sites for hydroxylation is 1. The highest BCUT2D eigenvalue weighted by Crippen LogP contribution is 2.32. The van der Waals surface area contributed by atoms with Crippen molar-refractivity contribution < 1.29 is 9.90 Å². The molecular formula is C14H15NO2. The summed E-state index contributed by atoms with van der Waals surface area (Å²) in [5.41, 5.74) is 3.81. The van der Waals surface area contributed by atoms with Crippen LogP contribution < -0.4 is 0 Å². The first-order valence-electron chi connectivity index (χ1n) is 6.04. The van der Waals surface area contributed by atoms with Crippen molar-refractivity contribution in [3.8, 4) is 0 Å². The van der Waals surface area contributed by atoms with E-state index in [1.807, 2.05) is 12.1 Å². The van der Waals surface area contributed by atoms with Crippen LogP contribution in [-0.4, -0.2) is 16.1 Å². The molecule has 3 rings (SSSR count). The largest absolute Gasteiger partial charge is 0.481 e. The average Bonchev–Trinajstić information content (AvgIpc) is 2.66. The highest BCUT2D eigenvalue weighted by atomic mass is 16.4. The van der Waals surface area contributed by atoms with Gasteiger partial charge in [-0.05, 0) is 36.8 Å². The standard InChI is InChI=1S/C14H15NO2/c16-14(17)8-9-5-6-13-11(7-9)10-3-1-2-4-12(10)15-13/h1-4,9,15H,5-8H2,(H,16,17)/t9-/m1/s1. The fourth-order valence-electron chi connectivity index (χ4n) is 2.86. The first kappa shape index (κ1) is 10.4. The lowest BCUT2D eigenvalue weighted by molar-refractivity contribution is -0.138. The number of H-pyrrole nitrogens is 1. The number of hydrogen-bond donors (Lipinski definition) is 2. The van der Waals surface area contributed by atoms with Crippen molar-refractivity contribution in [2.75, 3.05) is 0 Å². The van der Waals surface area contributed by atoms with Gasteiger partial charge in [0.25, 0.3) is 0 Å². The molecule has 17 heavy (non-hydrogen) atoms. The summed E-state index contributed by atoms with van der Waals surface area (Å²) in [5.74, 6) is -0.391. The van der Waals surface area contributed by atoms with Crippen LogP contribution in [0.25, 0.3) is 10.9 Å². The fraction of sp³-hybridized carbons (Fsp3) is 0.357. The Kier molecular flexibility index (Phi) is 2.39. The number of nitrogens with one attached hydrogen (secondary N) is 1. The second kappa shape index (κ2) is 3.91. The minimum atomic E-state index is -0.682. The van der Waals surface area contributed by atoms with Crippen LogP contribution in [0.3, 0.4) is 0 Å². The molecule has 0 radical (unpaired) electrons. The second-order valence-electron chi connectivity index (χ2n) is 4.83. The Balaban J connectivity index is 1.97. The molecule has 0 aliphatic heterocycles. The molecule has 0 fully saturated rings. The topological polar surface area (TPSA) is 53.1 Å². The molecule has 3 nitrogen and oxygen atoms in total. The lowest BCUT2D eigenvalue weighted by atomic mass is 9.84. The predicted octanol–water partition coefficient (Wildman–Crippen LogP) is 2.75. The molecule has 2 N–H and O–H groups in total. The number of aliphatic carboxylic acids is 1. The van der Waals surface area contributed by atoms with Gasteiger partial charge < -0.3 is 10.1 Å². The maximum atomic E-state index is 10.8. The van der Waals surface area contributed by atoms with Gasteiger partial charge in [0.05, 0.1) is 0 Å². The van der Waals surface area contributed by atoms with Gasteiger partial charge in [0, 0.05) is 23.0 Å². The van der Waals surface area contributed by atoms with E-state index in [0.717, 1.165) is 19.3 Å². The number of para-hydroxylation sites is 1. The maximum absolute atomic E-state index is 10.8. The lowest BCUT2D eigenvalue weighted by Crippen LogP contribution is -2.16. The molecule has 1 atom stereocenters. The SMILES string of the molecule is O=C(O)C[C@@H]1CCc2[nH]c3ccccc3c2C1. The summed E-state index contributed by atoms with van der Waals surface area (Å²) >= 11 is 0. The molecule has 88 valence electrons. The zero-order valence-corrected chi connectivity index (χ0v) is 9.57. The summed E-state index contributed by atoms with van der Waals surface area (Å²) in [7, 11) is 0. The summed E-state index contributed by atoms with van der Waals surface area (Å²) in [4.78, 5) is 14.2. The number of aromatic amines is 1. The summed E-state index contributed by atoms with van der Waals surface area (Å²) in [6.07, 6.45) is 3.14. The second-order valence-corrected chi connectivity index (χ2v) is 4.83. The van der Waals surface area contributed by atoms with Crippen LogP contribution in [0.1, 0.15) is 24.1 Å². The van der Waals surface area contributed by atoms with Crippen LogP contribution in [-0.2, 0) is 17.6 Å². The minimum absolute atomic E-state index is 0.291. The van der Waals surface area contributed by atoms with Gasteiger partial charge in [-0.1, -0.05) is 18.2 Å². The first-order valence-corrected chi connectivity index (χ1v) is 6.04. The average molecular weight is 229 g/mol. The van der Waals surface area contributed by atoms with Crippen LogP contribution in [0.2, 0.25) is 0 Å². The first-order chi connectivity index (χ1) is 8.24. The molecule has 3 heteroatoms. The van der Waals surface area contributed by atoms with Gasteiger partial charge >= 0.3 is 5.97 Å². The van der Waals surface area contributed by atoms with E-state index in [1.54, 1.807) is 0 Å². The third-order valence-electron chi connectivity index (χ3n) is 3.66.